The van der Waals surface area contributed by atoms with E-state index >= 15 is 0 Å². The number of unbranched alkanes of at least 4 members (excludes halogenated alkanes) is 6. The van der Waals surface area contributed by atoms with E-state index < -0.39 is 24.5 Å². The lowest BCUT2D eigenvalue weighted by molar-refractivity contribution is -0.145. The predicted molar refractivity (Wildman–Crippen MR) is 131 cm³/mol. The smallest absolute Gasteiger partial charge is 0.466 e. The number of aliphatic hydroxyl groups excluding tert-OH is 2. The molecule has 2 atom stereocenters. The molecule has 0 radical (unpaired) electrons. The number of ether oxygens (including phenoxy) is 6. The summed E-state index contributed by atoms with van der Waals surface area (Å²) in [5.74, 6) is -0.706. The van der Waals surface area contributed by atoms with E-state index in [1.165, 1.54) is 13.8 Å². The summed E-state index contributed by atoms with van der Waals surface area (Å²) in [5, 5.41) is 18.0. The van der Waals surface area contributed by atoms with Gasteiger partial charge in [0.2, 0.25) is 0 Å². The van der Waals surface area contributed by atoms with E-state index in [4.69, 9.17) is 29.2 Å². The highest BCUT2D eigenvalue weighted by Crippen LogP contribution is 2.06. The maximum atomic E-state index is 11.7. The second-order valence-corrected chi connectivity index (χ2v) is 8.64. The van der Waals surface area contributed by atoms with Crippen LogP contribution in [0.3, 0.4) is 0 Å². The lowest BCUT2D eigenvalue weighted by Gasteiger charge is -2.08. The van der Waals surface area contributed by atoms with Gasteiger partial charge in [0.15, 0.2) is 0 Å². The summed E-state index contributed by atoms with van der Waals surface area (Å²) in [6.07, 6.45) is 3.56. The summed E-state index contributed by atoms with van der Waals surface area (Å²) >= 11 is 0. The summed E-state index contributed by atoms with van der Waals surface area (Å²) in [4.78, 5) is 45.8. The van der Waals surface area contributed by atoms with Crippen molar-refractivity contribution in [3.63, 3.8) is 0 Å². The minimum Gasteiger partial charge on any atom is -0.466 e. The van der Waals surface area contributed by atoms with Crippen molar-refractivity contribution in [2.75, 3.05) is 39.6 Å². The molecule has 0 aliphatic heterocycles. The molecule has 0 aliphatic rings. The van der Waals surface area contributed by atoms with Gasteiger partial charge in [0.1, 0.15) is 13.2 Å². The molecule has 12 nitrogen and oxygen atoms in total. The Hall–Kier alpha value is -2.60. The zero-order valence-electron chi connectivity index (χ0n) is 22.2. The number of hydrogen-bond donors (Lipinski definition) is 2. The van der Waals surface area contributed by atoms with Crippen LogP contribution >= 0.6 is 0 Å². The van der Waals surface area contributed by atoms with Crippen LogP contribution in [0.4, 0.5) is 9.59 Å². The fourth-order valence-corrected chi connectivity index (χ4v) is 2.78. The standard InChI is InChI=1S/C25H44O12/c1-20(26)18-36-24(30)34-16-9-5-3-7-14-32-22(28)12-11-13-23(29)33-15-8-4-6-10-17-35-25(31)37-19-21(2)27/h20-21,26-27H,3-19H2,1-2H3. The van der Waals surface area contributed by atoms with Crippen molar-refractivity contribution in [2.45, 2.75) is 96.7 Å². The fraction of sp³-hybridized carbons (Fsp3) is 0.840. The molecule has 0 aromatic heterocycles. The van der Waals surface area contributed by atoms with Gasteiger partial charge in [-0.2, -0.15) is 0 Å². The van der Waals surface area contributed by atoms with E-state index in [2.05, 4.69) is 9.47 Å². The maximum Gasteiger partial charge on any atom is 0.508 e. The molecule has 0 aromatic carbocycles. The molecule has 0 bridgehead atoms. The molecule has 0 aromatic rings. The average Bonchev–Trinajstić information content (AvgIpc) is 2.84. The number of carbonyl (C=O) groups is 4. The number of hydrogen-bond acceptors (Lipinski definition) is 12. The van der Waals surface area contributed by atoms with E-state index in [9.17, 15) is 19.2 Å². The SMILES string of the molecule is CC(O)COC(=O)OCCCCCCOC(=O)CCCC(=O)OCCCCCCOC(=O)OCC(C)O. The first kappa shape index (κ1) is 34.4. The first-order valence-electron chi connectivity index (χ1n) is 13.0. The molecule has 12 heteroatoms. The Balaban J connectivity index is 3.43. The van der Waals surface area contributed by atoms with Crippen molar-refractivity contribution in [3.05, 3.63) is 0 Å². The van der Waals surface area contributed by atoms with Crippen LogP contribution in [0.25, 0.3) is 0 Å². The number of rotatable bonds is 22. The second-order valence-electron chi connectivity index (χ2n) is 8.64. The van der Waals surface area contributed by atoms with Crippen LogP contribution in [0, 0.1) is 0 Å². The number of carbonyl (C=O) groups excluding carboxylic acids is 4. The first-order valence-corrected chi connectivity index (χ1v) is 13.0. The van der Waals surface area contributed by atoms with Gasteiger partial charge >= 0.3 is 24.2 Å². The van der Waals surface area contributed by atoms with Crippen LogP contribution in [-0.4, -0.2) is 86.3 Å². The average molecular weight is 537 g/mol. The quantitative estimate of drug-likeness (QED) is 0.118. The minimum absolute atomic E-state index is 0.0986. The van der Waals surface area contributed by atoms with Crippen molar-refractivity contribution in [1.29, 1.82) is 0 Å². The molecule has 0 saturated heterocycles. The van der Waals surface area contributed by atoms with Crippen molar-refractivity contribution in [1.82, 2.24) is 0 Å². The molecule has 2 N–H and O–H groups in total. The zero-order valence-corrected chi connectivity index (χ0v) is 22.2. The largest absolute Gasteiger partial charge is 0.508 e. The molecule has 0 fully saturated rings. The van der Waals surface area contributed by atoms with Crippen molar-refractivity contribution < 1.29 is 57.8 Å². The Morgan fingerprint density at radius 1 is 0.486 bits per heavy atom. The van der Waals surface area contributed by atoms with E-state index in [1.54, 1.807) is 0 Å². The summed E-state index contributed by atoms with van der Waals surface area (Å²) in [7, 11) is 0. The molecule has 216 valence electrons. The van der Waals surface area contributed by atoms with Crippen LogP contribution < -0.4 is 0 Å². The number of aliphatic hydroxyl groups is 2. The molecular weight excluding hydrogens is 492 g/mol. The second kappa shape index (κ2) is 23.8. The van der Waals surface area contributed by atoms with E-state index in [0.717, 1.165) is 25.7 Å². The first-order chi connectivity index (χ1) is 17.7. The Morgan fingerprint density at radius 2 is 0.811 bits per heavy atom. The molecule has 2 unspecified atom stereocenters. The third-order valence-electron chi connectivity index (χ3n) is 4.69. The number of esters is 2. The van der Waals surface area contributed by atoms with Gasteiger partial charge in [-0.25, -0.2) is 9.59 Å². The van der Waals surface area contributed by atoms with Crippen LogP contribution in [0.2, 0.25) is 0 Å². The highest BCUT2D eigenvalue weighted by atomic mass is 16.7. The van der Waals surface area contributed by atoms with Crippen LogP contribution in [0.15, 0.2) is 0 Å². The van der Waals surface area contributed by atoms with Gasteiger partial charge in [-0.1, -0.05) is 0 Å². The van der Waals surface area contributed by atoms with E-state index in [0.29, 0.717) is 45.3 Å². The summed E-state index contributed by atoms with van der Waals surface area (Å²) in [6.45, 7) is 3.88. The Labute approximate surface area is 218 Å². The summed E-state index contributed by atoms with van der Waals surface area (Å²) < 4.78 is 29.3. The third kappa shape index (κ3) is 26.3. The van der Waals surface area contributed by atoms with Gasteiger partial charge in [0, 0.05) is 12.8 Å². The molecule has 0 aliphatic carbocycles. The summed E-state index contributed by atoms with van der Waals surface area (Å²) in [6, 6.07) is 0. The lowest BCUT2D eigenvalue weighted by Crippen LogP contribution is -2.16. The normalized spacial score (nSPS) is 12.2. The van der Waals surface area contributed by atoms with Crippen molar-refractivity contribution in [3.8, 4) is 0 Å². The van der Waals surface area contributed by atoms with Gasteiger partial charge in [0.05, 0.1) is 38.6 Å². The minimum atomic E-state index is -0.798. The van der Waals surface area contributed by atoms with Gasteiger partial charge in [-0.05, 0) is 71.6 Å². The third-order valence-corrected chi connectivity index (χ3v) is 4.69. The van der Waals surface area contributed by atoms with Crippen LogP contribution in [0.1, 0.15) is 84.5 Å². The molecule has 0 saturated carbocycles. The zero-order chi connectivity index (χ0) is 27.7. The highest BCUT2D eigenvalue weighted by Gasteiger charge is 2.09. The summed E-state index contributed by atoms with van der Waals surface area (Å²) in [5.41, 5.74) is 0. The fourth-order valence-electron chi connectivity index (χ4n) is 2.78. The van der Waals surface area contributed by atoms with Crippen molar-refractivity contribution >= 4 is 24.2 Å². The Bertz CT molecular complexity index is 569. The molecular formula is C25H44O12. The molecule has 0 amide bonds. The molecule has 37 heavy (non-hydrogen) atoms. The maximum absolute atomic E-state index is 11.7. The van der Waals surface area contributed by atoms with Gasteiger partial charge in [-0.15, -0.1) is 0 Å². The monoisotopic (exact) mass is 536 g/mol. The van der Waals surface area contributed by atoms with Crippen LogP contribution in [0.5, 0.6) is 0 Å². The van der Waals surface area contributed by atoms with Crippen molar-refractivity contribution in [2.24, 2.45) is 0 Å². The van der Waals surface area contributed by atoms with Crippen LogP contribution in [-0.2, 0) is 38.0 Å². The lowest BCUT2D eigenvalue weighted by atomic mass is 10.2. The molecule has 0 rings (SSSR count). The van der Waals surface area contributed by atoms with Gasteiger partial charge in [0.25, 0.3) is 0 Å². The molecule has 0 heterocycles. The Kier molecular flexibility index (Phi) is 22.1. The highest BCUT2D eigenvalue weighted by molar-refractivity contribution is 5.72. The van der Waals surface area contributed by atoms with E-state index in [-0.39, 0.29) is 51.2 Å². The Morgan fingerprint density at radius 3 is 1.14 bits per heavy atom. The predicted octanol–water partition coefficient (Wildman–Crippen LogP) is 3.43. The van der Waals surface area contributed by atoms with Gasteiger partial charge < -0.3 is 38.6 Å². The topological polar surface area (TPSA) is 164 Å². The van der Waals surface area contributed by atoms with E-state index in [1.807, 2.05) is 0 Å². The molecule has 0 spiro atoms. The van der Waals surface area contributed by atoms with Gasteiger partial charge in [-0.3, -0.25) is 9.59 Å².